The summed E-state index contributed by atoms with van der Waals surface area (Å²) in [4.78, 5) is 6.72. The van der Waals surface area contributed by atoms with Crippen molar-refractivity contribution < 1.29 is 4.39 Å². The molecule has 0 unspecified atom stereocenters. The van der Waals surface area contributed by atoms with Gasteiger partial charge in [0.15, 0.2) is 5.82 Å². The van der Waals surface area contributed by atoms with Gasteiger partial charge in [-0.25, -0.2) is 4.39 Å². The fourth-order valence-corrected chi connectivity index (χ4v) is 1.16. The van der Waals surface area contributed by atoms with Gasteiger partial charge < -0.3 is 4.98 Å². The number of aromatic amines is 1. The maximum absolute atomic E-state index is 12.9. The van der Waals surface area contributed by atoms with Gasteiger partial charge in [-0.05, 0) is 13.0 Å². The number of aryl methyl sites for hydroxylation is 1. The Morgan fingerprint density at radius 3 is 3.00 bits per heavy atom. The SMILES string of the molecule is Cc1cc2c(F)cncc2[nH]1. The predicted octanol–water partition coefficient (Wildman–Crippen LogP) is 2.01. The number of hydrogen-bond donors (Lipinski definition) is 1. The molecular formula is C8H7FN2. The lowest BCUT2D eigenvalue weighted by Crippen LogP contribution is -1.77. The quantitative estimate of drug-likeness (QED) is 0.611. The van der Waals surface area contributed by atoms with E-state index in [0.29, 0.717) is 5.39 Å². The van der Waals surface area contributed by atoms with Gasteiger partial charge in [0.2, 0.25) is 0 Å². The van der Waals surface area contributed by atoms with Gasteiger partial charge >= 0.3 is 0 Å². The molecule has 0 aliphatic rings. The molecular weight excluding hydrogens is 143 g/mol. The molecule has 0 bridgehead atoms. The van der Waals surface area contributed by atoms with Gasteiger partial charge in [0.05, 0.1) is 17.9 Å². The van der Waals surface area contributed by atoms with Gasteiger partial charge in [-0.1, -0.05) is 0 Å². The molecule has 0 spiro atoms. The molecule has 11 heavy (non-hydrogen) atoms. The van der Waals surface area contributed by atoms with Crippen LogP contribution in [0.3, 0.4) is 0 Å². The summed E-state index contributed by atoms with van der Waals surface area (Å²) in [7, 11) is 0. The zero-order chi connectivity index (χ0) is 7.84. The standard InChI is InChI=1S/C8H7FN2/c1-5-2-6-7(9)3-10-4-8(6)11-5/h2-4,11H,1H3. The molecule has 0 aliphatic carbocycles. The first-order chi connectivity index (χ1) is 5.27. The number of H-pyrrole nitrogens is 1. The Balaban J connectivity index is 2.90. The van der Waals surface area contributed by atoms with Crippen LogP contribution in [0.2, 0.25) is 0 Å². The molecule has 2 aromatic heterocycles. The van der Waals surface area contributed by atoms with Crippen LogP contribution in [0.15, 0.2) is 18.5 Å². The summed E-state index contributed by atoms with van der Waals surface area (Å²) < 4.78 is 12.9. The molecule has 0 fully saturated rings. The summed E-state index contributed by atoms with van der Waals surface area (Å²) in [6.07, 6.45) is 2.83. The molecule has 2 aromatic rings. The Bertz CT molecular complexity index is 392. The highest BCUT2D eigenvalue weighted by Gasteiger charge is 2.01. The minimum Gasteiger partial charge on any atom is -0.357 e. The number of rotatable bonds is 0. The first-order valence-electron chi connectivity index (χ1n) is 3.36. The second kappa shape index (κ2) is 2.05. The fraction of sp³-hybridized carbons (Fsp3) is 0.125. The second-order valence-electron chi connectivity index (χ2n) is 2.53. The van der Waals surface area contributed by atoms with E-state index in [1.54, 1.807) is 12.3 Å². The van der Waals surface area contributed by atoms with Crippen LogP contribution in [-0.2, 0) is 0 Å². The van der Waals surface area contributed by atoms with E-state index < -0.39 is 0 Å². The third-order valence-corrected chi connectivity index (χ3v) is 1.63. The van der Waals surface area contributed by atoms with E-state index in [4.69, 9.17) is 0 Å². The van der Waals surface area contributed by atoms with Crippen molar-refractivity contribution in [3.05, 3.63) is 30.0 Å². The number of halogens is 1. The average Bonchev–Trinajstić information content (AvgIpc) is 2.31. The molecule has 0 radical (unpaired) electrons. The molecule has 1 N–H and O–H groups in total. The maximum atomic E-state index is 12.9. The van der Waals surface area contributed by atoms with Crippen molar-refractivity contribution in [3.8, 4) is 0 Å². The van der Waals surface area contributed by atoms with Crippen LogP contribution in [0, 0.1) is 12.7 Å². The molecule has 2 rings (SSSR count). The van der Waals surface area contributed by atoms with Crippen molar-refractivity contribution in [1.29, 1.82) is 0 Å². The highest BCUT2D eigenvalue weighted by Crippen LogP contribution is 2.16. The van der Waals surface area contributed by atoms with E-state index in [-0.39, 0.29) is 5.82 Å². The lowest BCUT2D eigenvalue weighted by atomic mass is 10.3. The predicted molar refractivity (Wildman–Crippen MR) is 40.8 cm³/mol. The maximum Gasteiger partial charge on any atom is 0.150 e. The molecule has 0 saturated carbocycles. The molecule has 0 saturated heterocycles. The van der Waals surface area contributed by atoms with Crippen molar-refractivity contribution in [2.75, 3.05) is 0 Å². The van der Waals surface area contributed by atoms with Crippen molar-refractivity contribution in [1.82, 2.24) is 9.97 Å². The van der Waals surface area contributed by atoms with E-state index in [1.807, 2.05) is 6.92 Å². The van der Waals surface area contributed by atoms with Crippen LogP contribution in [-0.4, -0.2) is 9.97 Å². The fourth-order valence-electron chi connectivity index (χ4n) is 1.16. The normalized spacial score (nSPS) is 10.7. The Morgan fingerprint density at radius 1 is 1.45 bits per heavy atom. The Morgan fingerprint density at radius 2 is 2.27 bits per heavy atom. The first-order valence-corrected chi connectivity index (χ1v) is 3.36. The summed E-state index contributed by atoms with van der Waals surface area (Å²) >= 11 is 0. The van der Waals surface area contributed by atoms with Crippen LogP contribution in [0.1, 0.15) is 5.69 Å². The van der Waals surface area contributed by atoms with Gasteiger partial charge in [0.1, 0.15) is 0 Å². The second-order valence-corrected chi connectivity index (χ2v) is 2.53. The zero-order valence-electron chi connectivity index (χ0n) is 6.06. The van der Waals surface area contributed by atoms with Gasteiger partial charge in [0.25, 0.3) is 0 Å². The summed E-state index contributed by atoms with van der Waals surface area (Å²) in [6, 6.07) is 1.77. The molecule has 0 amide bonds. The van der Waals surface area contributed by atoms with Crippen LogP contribution < -0.4 is 0 Å². The van der Waals surface area contributed by atoms with Crippen LogP contribution >= 0.6 is 0 Å². The van der Waals surface area contributed by atoms with E-state index in [0.717, 1.165) is 11.2 Å². The summed E-state index contributed by atoms with van der Waals surface area (Å²) in [6.45, 7) is 1.89. The van der Waals surface area contributed by atoms with E-state index in [2.05, 4.69) is 9.97 Å². The van der Waals surface area contributed by atoms with Gasteiger partial charge in [-0.3, -0.25) is 4.98 Å². The van der Waals surface area contributed by atoms with E-state index >= 15 is 0 Å². The Labute approximate surface area is 63.1 Å². The highest BCUT2D eigenvalue weighted by molar-refractivity contribution is 5.79. The third kappa shape index (κ3) is 0.888. The Hall–Kier alpha value is -1.38. The number of nitrogens with zero attached hydrogens (tertiary/aromatic N) is 1. The number of aromatic nitrogens is 2. The summed E-state index contributed by atoms with van der Waals surface area (Å²) in [5.41, 5.74) is 1.70. The van der Waals surface area contributed by atoms with Gasteiger partial charge in [0, 0.05) is 11.1 Å². The molecule has 2 nitrogen and oxygen atoms in total. The van der Waals surface area contributed by atoms with Crippen molar-refractivity contribution in [2.45, 2.75) is 6.92 Å². The van der Waals surface area contributed by atoms with E-state index in [1.165, 1.54) is 6.20 Å². The number of hydrogen-bond acceptors (Lipinski definition) is 1. The van der Waals surface area contributed by atoms with Crippen LogP contribution in [0.25, 0.3) is 10.9 Å². The van der Waals surface area contributed by atoms with Gasteiger partial charge in [-0.15, -0.1) is 0 Å². The zero-order valence-corrected chi connectivity index (χ0v) is 6.06. The third-order valence-electron chi connectivity index (χ3n) is 1.63. The highest BCUT2D eigenvalue weighted by atomic mass is 19.1. The van der Waals surface area contributed by atoms with Crippen molar-refractivity contribution in [2.24, 2.45) is 0 Å². The topological polar surface area (TPSA) is 28.7 Å². The monoisotopic (exact) mass is 150 g/mol. The minimum atomic E-state index is -0.271. The molecule has 0 aliphatic heterocycles. The smallest absolute Gasteiger partial charge is 0.150 e. The summed E-state index contributed by atoms with van der Waals surface area (Å²) in [5, 5.41) is 0.609. The average molecular weight is 150 g/mol. The lowest BCUT2D eigenvalue weighted by Gasteiger charge is -1.87. The van der Waals surface area contributed by atoms with Crippen molar-refractivity contribution >= 4 is 10.9 Å². The summed E-state index contributed by atoms with van der Waals surface area (Å²) in [5.74, 6) is -0.271. The van der Waals surface area contributed by atoms with Gasteiger partial charge in [-0.2, -0.15) is 0 Å². The molecule has 0 atom stereocenters. The number of pyridine rings is 1. The van der Waals surface area contributed by atoms with E-state index in [9.17, 15) is 4.39 Å². The minimum absolute atomic E-state index is 0.271. The molecule has 56 valence electrons. The number of fused-ring (bicyclic) bond motifs is 1. The molecule has 0 aromatic carbocycles. The lowest BCUT2D eigenvalue weighted by molar-refractivity contribution is 0.634. The first kappa shape index (κ1) is 6.34. The van der Waals surface area contributed by atoms with Crippen molar-refractivity contribution in [3.63, 3.8) is 0 Å². The van der Waals surface area contributed by atoms with Crippen LogP contribution in [0.4, 0.5) is 4.39 Å². The number of nitrogens with one attached hydrogen (secondary N) is 1. The molecule has 2 heterocycles. The van der Waals surface area contributed by atoms with Crippen LogP contribution in [0.5, 0.6) is 0 Å². The Kier molecular flexibility index (Phi) is 1.18. The molecule has 3 heteroatoms. The largest absolute Gasteiger partial charge is 0.357 e.